The van der Waals surface area contributed by atoms with Gasteiger partial charge in [-0.3, -0.25) is 14.7 Å². The molecule has 1 aromatic rings. The predicted molar refractivity (Wildman–Crippen MR) is 86.3 cm³/mol. The van der Waals surface area contributed by atoms with E-state index in [-0.39, 0.29) is 17.2 Å². The number of thioether (sulfide) groups is 2. The molecule has 8 heteroatoms. The van der Waals surface area contributed by atoms with Crippen molar-refractivity contribution in [3.8, 4) is 5.75 Å². The lowest BCUT2D eigenvalue weighted by Crippen LogP contribution is -2.42. The van der Waals surface area contributed by atoms with E-state index in [2.05, 4.69) is 4.99 Å². The van der Waals surface area contributed by atoms with Gasteiger partial charge in [-0.1, -0.05) is 0 Å². The summed E-state index contributed by atoms with van der Waals surface area (Å²) in [6.45, 7) is 0. The molecule has 2 aliphatic heterocycles. The van der Waals surface area contributed by atoms with Crippen LogP contribution >= 0.6 is 23.5 Å². The van der Waals surface area contributed by atoms with Crippen molar-refractivity contribution in [1.82, 2.24) is 4.90 Å². The van der Waals surface area contributed by atoms with Gasteiger partial charge in [0.05, 0.1) is 11.4 Å². The number of carboxylic acids is 1. The van der Waals surface area contributed by atoms with E-state index in [0.29, 0.717) is 16.4 Å². The molecule has 3 rings (SSSR count). The van der Waals surface area contributed by atoms with Gasteiger partial charge in [-0.25, -0.2) is 4.39 Å². The Morgan fingerprint density at radius 2 is 2.23 bits per heavy atom. The molecule has 0 radical (unpaired) electrons. The second-order valence-corrected chi connectivity index (χ2v) is 7.38. The van der Waals surface area contributed by atoms with Gasteiger partial charge < -0.3 is 10.2 Å². The summed E-state index contributed by atoms with van der Waals surface area (Å²) in [5, 5.41) is 19.7. The average molecular weight is 342 g/mol. The third kappa shape index (κ3) is 2.82. The number of aliphatic carboxylic acids is 1. The Balaban J connectivity index is 1.79. The van der Waals surface area contributed by atoms with Crippen molar-refractivity contribution in [3.05, 3.63) is 29.6 Å². The first-order chi connectivity index (χ1) is 10.5. The smallest absolute Gasteiger partial charge is 0.321 e. The van der Waals surface area contributed by atoms with Crippen LogP contribution in [-0.4, -0.2) is 62.1 Å². The Morgan fingerprint density at radius 3 is 2.86 bits per heavy atom. The van der Waals surface area contributed by atoms with Crippen LogP contribution in [0.2, 0.25) is 0 Å². The van der Waals surface area contributed by atoms with E-state index in [1.54, 1.807) is 18.8 Å². The Bertz CT molecular complexity index is 641. The molecule has 2 heterocycles. The van der Waals surface area contributed by atoms with Crippen molar-refractivity contribution in [2.75, 3.05) is 18.6 Å². The number of benzene rings is 1. The molecule has 0 amide bonds. The predicted octanol–water partition coefficient (Wildman–Crippen LogP) is 1.85. The highest BCUT2D eigenvalue weighted by Gasteiger charge is 2.41. The van der Waals surface area contributed by atoms with Crippen molar-refractivity contribution in [2.45, 2.75) is 17.5 Å². The van der Waals surface area contributed by atoms with Gasteiger partial charge in [0.2, 0.25) is 0 Å². The molecule has 22 heavy (non-hydrogen) atoms. The van der Waals surface area contributed by atoms with Crippen LogP contribution in [0.4, 0.5) is 4.39 Å². The van der Waals surface area contributed by atoms with Crippen LogP contribution in [0.15, 0.2) is 23.2 Å². The fourth-order valence-electron chi connectivity index (χ4n) is 2.60. The van der Waals surface area contributed by atoms with Crippen LogP contribution in [0.1, 0.15) is 5.56 Å². The minimum absolute atomic E-state index is 0.00805. The lowest BCUT2D eigenvalue weighted by molar-refractivity contribution is -0.141. The quantitative estimate of drug-likeness (QED) is 0.873. The summed E-state index contributed by atoms with van der Waals surface area (Å²) in [4.78, 5) is 17.6. The summed E-state index contributed by atoms with van der Waals surface area (Å²) in [6, 6.07) is 3.36. The number of nitrogens with zero attached hydrogens (tertiary/aromatic N) is 2. The normalized spacial score (nSPS) is 28.8. The third-order valence-corrected chi connectivity index (χ3v) is 6.40. The van der Waals surface area contributed by atoms with Crippen LogP contribution < -0.4 is 0 Å². The third-order valence-electron chi connectivity index (χ3n) is 3.80. The molecular weight excluding hydrogens is 327 g/mol. The van der Waals surface area contributed by atoms with E-state index >= 15 is 0 Å². The van der Waals surface area contributed by atoms with Crippen molar-refractivity contribution >= 4 is 34.5 Å². The molecule has 2 N–H and O–H groups in total. The zero-order chi connectivity index (χ0) is 15.9. The lowest BCUT2D eigenvalue weighted by Gasteiger charge is -2.24. The Morgan fingerprint density at radius 1 is 1.45 bits per heavy atom. The zero-order valence-electron chi connectivity index (χ0n) is 11.8. The largest absolute Gasteiger partial charge is 0.507 e. The number of carboxylic acid groups (broad SMARTS) is 1. The molecule has 1 aromatic carbocycles. The van der Waals surface area contributed by atoms with Crippen LogP contribution in [0, 0.1) is 5.82 Å². The summed E-state index contributed by atoms with van der Waals surface area (Å²) in [5.74, 6) is -0.159. The number of rotatable bonds is 3. The van der Waals surface area contributed by atoms with Crippen LogP contribution in [0.3, 0.4) is 0 Å². The molecule has 5 nitrogen and oxygen atoms in total. The highest BCUT2D eigenvalue weighted by atomic mass is 32.2. The van der Waals surface area contributed by atoms with E-state index in [9.17, 15) is 19.4 Å². The zero-order valence-corrected chi connectivity index (χ0v) is 13.4. The molecule has 0 bridgehead atoms. The molecule has 1 fully saturated rings. The summed E-state index contributed by atoms with van der Waals surface area (Å²) < 4.78 is 13.1. The number of aliphatic imine (C=N–C) groups is 1. The maximum atomic E-state index is 13.1. The van der Waals surface area contributed by atoms with E-state index < -0.39 is 17.8 Å². The van der Waals surface area contributed by atoms with Gasteiger partial charge in [0.15, 0.2) is 0 Å². The van der Waals surface area contributed by atoms with Gasteiger partial charge in [-0.2, -0.15) is 0 Å². The maximum Gasteiger partial charge on any atom is 0.321 e. The van der Waals surface area contributed by atoms with Crippen molar-refractivity contribution in [3.63, 3.8) is 0 Å². The maximum absolute atomic E-state index is 13.1. The molecule has 0 aliphatic carbocycles. The number of aromatic hydroxyl groups is 1. The first-order valence-electron chi connectivity index (χ1n) is 6.73. The van der Waals surface area contributed by atoms with Crippen LogP contribution in [0.5, 0.6) is 5.75 Å². The highest BCUT2D eigenvalue weighted by molar-refractivity contribution is 8.14. The molecule has 2 aliphatic rings. The number of carbonyl (C=O) groups is 1. The van der Waals surface area contributed by atoms with E-state index in [1.807, 2.05) is 4.90 Å². The van der Waals surface area contributed by atoms with Crippen molar-refractivity contribution in [1.29, 1.82) is 0 Å². The standard InChI is InChI=1S/C14H15FN2O3S2/c1-17-10(14(19)20)6-22-13(17)9-5-21-12(16-9)8-3-2-7(15)4-11(8)18/h2-4,9-10,13,18H,5-6H2,1H3,(H,19,20)/t9-,10-,13-/m1/s1. The molecular formula is C14H15FN2O3S2. The Labute approximate surface area is 135 Å². The molecule has 0 aromatic heterocycles. The van der Waals surface area contributed by atoms with Gasteiger partial charge in [0.25, 0.3) is 0 Å². The number of halogens is 1. The second-order valence-electron chi connectivity index (χ2n) is 5.22. The topological polar surface area (TPSA) is 73.1 Å². The van der Waals surface area contributed by atoms with E-state index in [1.165, 1.54) is 23.9 Å². The van der Waals surface area contributed by atoms with Crippen molar-refractivity contribution < 1.29 is 19.4 Å². The summed E-state index contributed by atoms with van der Waals surface area (Å²) in [7, 11) is 1.80. The fraction of sp³-hybridized carbons (Fsp3) is 0.429. The summed E-state index contributed by atoms with van der Waals surface area (Å²) in [6.07, 6.45) is 0. The average Bonchev–Trinajstić information content (AvgIpc) is 3.05. The molecule has 0 saturated carbocycles. The first-order valence-corrected chi connectivity index (χ1v) is 8.76. The minimum Gasteiger partial charge on any atom is -0.507 e. The molecule has 118 valence electrons. The lowest BCUT2D eigenvalue weighted by atomic mass is 10.2. The van der Waals surface area contributed by atoms with Gasteiger partial charge >= 0.3 is 5.97 Å². The fourth-order valence-corrected chi connectivity index (χ4v) is 5.36. The molecule has 0 spiro atoms. The first kappa shape index (κ1) is 15.6. The van der Waals surface area contributed by atoms with Gasteiger partial charge in [0.1, 0.15) is 22.7 Å². The number of phenolic OH excluding ortho intramolecular Hbond substituents is 1. The Hall–Kier alpha value is -1.25. The monoisotopic (exact) mass is 342 g/mol. The van der Waals surface area contributed by atoms with Crippen LogP contribution in [-0.2, 0) is 4.79 Å². The number of hydrogen-bond donors (Lipinski definition) is 2. The molecule has 1 saturated heterocycles. The van der Waals surface area contributed by atoms with E-state index in [4.69, 9.17) is 0 Å². The summed E-state index contributed by atoms with van der Waals surface area (Å²) in [5.41, 5.74) is 0.523. The highest BCUT2D eigenvalue weighted by Crippen LogP contribution is 2.37. The van der Waals surface area contributed by atoms with E-state index in [0.717, 1.165) is 11.8 Å². The molecule has 3 atom stereocenters. The van der Waals surface area contributed by atoms with Gasteiger partial charge in [0, 0.05) is 23.1 Å². The second kappa shape index (κ2) is 6.10. The SMILES string of the molecule is CN1[C@@H](C(=O)O)CS[C@@H]1[C@H]1CSC(c2ccc(F)cc2O)=N1. The van der Waals surface area contributed by atoms with Crippen molar-refractivity contribution in [2.24, 2.45) is 4.99 Å². The number of likely N-dealkylation sites (N-methyl/N-ethyl adjacent to an activating group) is 1. The Kier molecular flexibility index (Phi) is 4.33. The van der Waals surface area contributed by atoms with Gasteiger partial charge in [-0.05, 0) is 19.2 Å². The summed E-state index contributed by atoms with van der Waals surface area (Å²) >= 11 is 3.09. The van der Waals surface area contributed by atoms with Gasteiger partial charge in [-0.15, -0.1) is 23.5 Å². The molecule has 0 unspecified atom stereocenters. The number of phenols is 1. The van der Waals surface area contributed by atoms with Crippen LogP contribution in [0.25, 0.3) is 0 Å². The minimum atomic E-state index is -0.816. The number of hydrogen-bond acceptors (Lipinski definition) is 6.